The number of halogens is 2. The summed E-state index contributed by atoms with van der Waals surface area (Å²) in [5, 5.41) is 14.8. The van der Waals surface area contributed by atoms with Crippen LogP contribution >= 0.6 is 0 Å². The van der Waals surface area contributed by atoms with Gasteiger partial charge in [-0.3, -0.25) is 4.68 Å². The van der Waals surface area contributed by atoms with Gasteiger partial charge in [0.15, 0.2) is 17.4 Å². The van der Waals surface area contributed by atoms with Gasteiger partial charge >= 0.3 is 0 Å². The second-order valence-corrected chi connectivity index (χ2v) is 4.55. The van der Waals surface area contributed by atoms with Crippen molar-refractivity contribution in [1.29, 1.82) is 0 Å². The first kappa shape index (κ1) is 14.5. The molecule has 4 nitrogen and oxygen atoms in total. The molecule has 0 saturated carbocycles. The Balaban J connectivity index is 2.66. The van der Waals surface area contributed by atoms with Gasteiger partial charge in [-0.2, -0.15) is 5.10 Å². The van der Waals surface area contributed by atoms with Gasteiger partial charge in [0.1, 0.15) is 11.3 Å². The molecule has 0 saturated heterocycles. The van der Waals surface area contributed by atoms with E-state index in [2.05, 4.69) is 5.10 Å². The van der Waals surface area contributed by atoms with Gasteiger partial charge in [-0.25, -0.2) is 8.78 Å². The highest BCUT2D eigenvalue weighted by Gasteiger charge is 2.36. The smallest absolute Gasteiger partial charge is 0.165 e. The van der Waals surface area contributed by atoms with Crippen LogP contribution < -0.4 is 4.74 Å². The molecule has 1 N–H and O–H groups in total. The van der Waals surface area contributed by atoms with Crippen LogP contribution in [0.5, 0.6) is 5.75 Å². The SMILES string of the molecule is CCn1ncc(OC)c1C(C)(O)c1cccc(F)c1F. The van der Waals surface area contributed by atoms with Crippen molar-refractivity contribution in [3.63, 3.8) is 0 Å². The number of rotatable bonds is 4. The monoisotopic (exact) mass is 282 g/mol. The van der Waals surface area contributed by atoms with Crippen LogP contribution in [0.15, 0.2) is 24.4 Å². The highest BCUT2D eigenvalue weighted by atomic mass is 19.2. The van der Waals surface area contributed by atoms with E-state index < -0.39 is 17.2 Å². The fourth-order valence-corrected chi connectivity index (χ4v) is 2.26. The molecule has 1 aromatic carbocycles. The Morgan fingerprint density at radius 3 is 2.70 bits per heavy atom. The number of ether oxygens (including phenoxy) is 1. The molecule has 0 amide bonds. The molecule has 0 aliphatic carbocycles. The summed E-state index contributed by atoms with van der Waals surface area (Å²) >= 11 is 0. The summed E-state index contributed by atoms with van der Waals surface area (Å²) < 4.78 is 34.0. The molecule has 6 heteroatoms. The quantitative estimate of drug-likeness (QED) is 0.937. The minimum atomic E-state index is -1.76. The van der Waals surface area contributed by atoms with Gasteiger partial charge in [0.2, 0.25) is 0 Å². The van der Waals surface area contributed by atoms with E-state index in [1.165, 1.54) is 37.0 Å². The van der Waals surface area contributed by atoms with Crippen LogP contribution in [0.4, 0.5) is 8.78 Å². The highest BCUT2D eigenvalue weighted by molar-refractivity contribution is 5.40. The zero-order chi connectivity index (χ0) is 14.9. The van der Waals surface area contributed by atoms with Crippen LogP contribution in [0.25, 0.3) is 0 Å². The molecule has 0 bridgehead atoms. The van der Waals surface area contributed by atoms with Crippen LogP contribution in [-0.4, -0.2) is 22.0 Å². The fourth-order valence-electron chi connectivity index (χ4n) is 2.26. The summed E-state index contributed by atoms with van der Waals surface area (Å²) in [5.74, 6) is -1.77. The van der Waals surface area contributed by atoms with Crippen molar-refractivity contribution in [1.82, 2.24) is 9.78 Å². The maximum Gasteiger partial charge on any atom is 0.165 e. The number of benzene rings is 1. The summed E-state index contributed by atoms with van der Waals surface area (Å²) in [6, 6.07) is 3.69. The highest BCUT2D eigenvalue weighted by Crippen LogP contribution is 2.36. The zero-order valence-electron chi connectivity index (χ0n) is 11.5. The molecule has 0 fully saturated rings. The maximum absolute atomic E-state index is 14.0. The van der Waals surface area contributed by atoms with Crippen molar-refractivity contribution in [3.05, 3.63) is 47.3 Å². The molecule has 1 unspecified atom stereocenters. The molecular weight excluding hydrogens is 266 g/mol. The molecule has 1 atom stereocenters. The predicted molar refractivity (Wildman–Crippen MR) is 69.5 cm³/mol. The Hall–Kier alpha value is -1.95. The normalized spacial score (nSPS) is 14.1. The lowest BCUT2D eigenvalue weighted by atomic mass is 9.91. The predicted octanol–water partition coefficient (Wildman–Crippen LogP) is 2.45. The van der Waals surface area contributed by atoms with E-state index in [1.807, 2.05) is 6.92 Å². The van der Waals surface area contributed by atoms with Crippen molar-refractivity contribution < 1.29 is 18.6 Å². The van der Waals surface area contributed by atoms with Crippen molar-refractivity contribution in [2.75, 3.05) is 7.11 Å². The second-order valence-electron chi connectivity index (χ2n) is 4.55. The van der Waals surface area contributed by atoms with Crippen LogP contribution in [0.3, 0.4) is 0 Å². The Morgan fingerprint density at radius 2 is 2.10 bits per heavy atom. The average Bonchev–Trinajstić information content (AvgIpc) is 2.85. The fraction of sp³-hybridized carbons (Fsp3) is 0.357. The third-order valence-electron chi connectivity index (χ3n) is 3.26. The summed E-state index contributed by atoms with van der Waals surface area (Å²) in [6.45, 7) is 3.68. The topological polar surface area (TPSA) is 47.3 Å². The van der Waals surface area contributed by atoms with Gasteiger partial charge in [0, 0.05) is 12.1 Å². The lowest BCUT2D eigenvalue weighted by Gasteiger charge is -2.26. The van der Waals surface area contributed by atoms with E-state index in [1.54, 1.807) is 0 Å². The van der Waals surface area contributed by atoms with Crippen LogP contribution in [0.1, 0.15) is 25.1 Å². The molecule has 1 heterocycles. The molecule has 20 heavy (non-hydrogen) atoms. The largest absolute Gasteiger partial charge is 0.493 e. The van der Waals surface area contributed by atoms with Crippen molar-refractivity contribution in [2.45, 2.75) is 26.0 Å². The van der Waals surface area contributed by atoms with Gasteiger partial charge < -0.3 is 9.84 Å². The maximum atomic E-state index is 14.0. The molecule has 2 rings (SSSR count). The first-order valence-electron chi connectivity index (χ1n) is 6.20. The van der Waals surface area contributed by atoms with Crippen LogP contribution in [0, 0.1) is 11.6 Å². The minimum absolute atomic E-state index is 0.161. The Bertz CT molecular complexity index is 602. The third-order valence-corrected chi connectivity index (χ3v) is 3.26. The van der Waals surface area contributed by atoms with E-state index in [-0.39, 0.29) is 11.3 Å². The summed E-state index contributed by atoms with van der Waals surface area (Å²) in [7, 11) is 1.43. The number of nitrogens with zero attached hydrogens (tertiary/aromatic N) is 2. The van der Waals surface area contributed by atoms with E-state index in [0.717, 1.165) is 6.07 Å². The van der Waals surface area contributed by atoms with Gasteiger partial charge in [-0.15, -0.1) is 0 Å². The van der Waals surface area contributed by atoms with E-state index in [0.29, 0.717) is 12.3 Å². The molecule has 0 aliphatic heterocycles. The molecule has 0 aliphatic rings. The standard InChI is InChI=1S/C14H16F2N2O2/c1-4-18-13(11(20-3)8-17-18)14(2,19)9-6-5-7-10(15)12(9)16/h5-8,19H,4H2,1-3H3. The first-order valence-corrected chi connectivity index (χ1v) is 6.20. The summed E-state index contributed by atoms with van der Waals surface area (Å²) in [6.07, 6.45) is 1.44. The lowest BCUT2D eigenvalue weighted by Crippen LogP contribution is -2.29. The summed E-state index contributed by atoms with van der Waals surface area (Å²) in [4.78, 5) is 0. The van der Waals surface area contributed by atoms with Crippen molar-refractivity contribution in [2.24, 2.45) is 0 Å². The second kappa shape index (κ2) is 5.20. The molecule has 0 spiro atoms. The van der Waals surface area contributed by atoms with Gasteiger partial charge in [-0.1, -0.05) is 12.1 Å². The van der Waals surface area contributed by atoms with Gasteiger partial charge in [0.25, 0.3) is 0 Å². The number of aliphatic hydroxyl groups is 1. The number of hydrogen-bond acceptors (Lipinski definition) is 3. The minimum Gasteiger partial charge on any atom is -0.493 e. The van der Waals surface area contributed by atoms with E-state index in [9.17, 15) is 13.9 Å². The lowest BCUT2D eigenvalue weighted by molar-refractivity contribution is 0.0837. The molecule has 2 aromatic rings. The van der Waals surface area contributed by atoms with E-state index in [4.69, 9.17) is 4.74 Å². The van der Waals surface area contributed by atoms with Gasteiger partial charge in [0.05, 0.1) is 13.3 Å². The Labute approximate surface area is 115 Å². The summed E-state index contributed by atoms with van der Waals surface area (Å²) in [5.41, 5.74) is -1.64. The van der Waals surface area contributed by atoms with E-state index >= 15 is 0 Å². The van der Waals surface area contributed by atoms with Crippen LogP contribution in [-0.2, 0) is 12.1 Å². The first-order chi connectivity index (χ1) is 9.43. The number of methoxy groups -OCH3 is 1. The number of aromatic nitrogens is 2. The Kier molecular flexibility index (Phi) is 3.76. The van der Waals surface area contributed by atoms with Crippen molar-refractivity contribution in [3.8, 4) is 5.75 Å². The Morgan fingerprint density at radius 1 is 1.40 bits per heavy atom. The number of aryl methyl sites for hydroxylation is 1. The average molecular weight is 282 g/mol. The van der Waals surface area contributed by atoms with Crippen LogP contribution in [0.2, 0.25) is 0 Å². The van der Waals surface area contributed by atoms with Crippen molar-refractivity contribution >= 4 is 0 Å². The molecule has 0 radical (unpaired) electrons. The molecule has 108 valence electrons. The zero-order valence-corrected chi connectivity index (χ0v) is 11.5. The number of hydrogen-bond donors (Lipinski definition) is 1. The van der Waals surface area contributed by atoms with Gasteiger partial charge in [-0.05, 0) is 19.9 Å². The molecular formula is C14H16F2N2O2. The molecule has 1 aromatic heterocycles. The third kappa shape index (κ3) is 2.16.